The summed E-state index contributed by atoms with van der Waals surface area (Å²) in [7, 11) is 0. The Morgan fingerprint density at radius 2 is 1.11 bits per heavy atom. The summed E-state index contributed by atoms with van der Waals surface area (Å²) in [6.45, 7) is 20.4. The fourth-order valence-corrected chi connectivity index (χ4v) is 2.79. The second-order valence-electron chi connectivity index (χ2n) is 4.56. The van der Waals surface area contributed by atoms with Gasteiger partial charge in [0.1, 0.15) is 0 Å². The molecule has 18 heavy (non-hydrogen) atoms. The fraction of sp³-hybridized carbons (Fsp3) is 0.556. The molecular formula is C18H30. The van der Waals surface area contributed by atoms with Crippen LogP contribution >= 0.6 is 0 Å². The van der Waals surface area contributed by atoms with E-state index in [4.69, 9.17) is 0 Å². The zero-order valence-electron chi connectivity index (χ0n) is 13.1. The van der Waals surface area contributed by atoms with E-state index >= 15 is 0 Å². The van der Waals surface area contributed by atoms with Gasteiger partial charge < -0.3 is 0 Å². The second-order valence-corrected chi connectivity index (χ2v) is 4.56. The molecule has 0 nitrogen and oxygen atoms in total. The summed E-state index contributed by atoms with van der Waals surface area (Å²) in [5.74, 6) is 1.23. The minimum atomic E-state index is 0.615. The van der Waals surface area contributed by atoms with Crippen LogP contribution in [0.2, 0.25) is 0 Å². The van der Waals surface area contributed by atoms with Gasteiger partial charge in [0.05, 0.1) is 0 Å². The number of hydrogen-bond acceptors (Lipinski definition) is 0. The van der Waals surface area contributed by atoms with E-state index in [1.807, 2.05) is 27.7 Å². The molecule has 3 rings (SSSR count). The molecule has 0 heteroatoms. The van der Waals surface area contributed by atoms with E-state index in [0.29, 0.717) is 11.8 Å². The predicted octanol–water partition coefficient (Wildman–Crippen LogP) is 6.08. The number of fused-ring (bicyclic) bond motifs is 1. The monoisotopic (exact) mass is 246 g/mol. The molecule has 0 saturated carbocycles. The van der Waals surface area contributed by atoms with Crippen molar-refractivity contribution in [2.75, 3.05) is 0 Å². The third-order valence-electron chi connectivity index (χ3n) is 3.32. The van der Waals surface area contributed by atoms with Crippen LogP contribution in [0.5, 0.6) is 0 Å². The van der Waals surface area contributed by atoms with Gasteiger partial charge >= 0.3 is 0 Å². The van der Waals surface area contributed by atoms with Crippen LogP contribution in [-0.4, -0.2) is 0 Å². The van der Waals surface area contributed by atoms with Crippen molar-refractivity contribution in [3.05, 3.63) is 47.6 Å². The Morgan fingerprint density at radius 1 is 0.833 bits per heavy atom. The van der Waals surface area contributed by atoms with Gasteiger partial charge in [-0.25, -0.2) is 0 Å². The molecule has 0 aromatic rings. The van der Waals surface area contributed by atoms with Crippen molar-refractivity contribution in [1.29, 1.82) is 0 Å². The van der Waals surface area contributed by atoms with E-state index in [9.17, 15) is 0 Å². The van der Waals surface area contributed by atoms with Crippen LogP contribution in [0.25, 0.3) is 0 Å². The third-order valence-corrected chi connectivity index (χ3v) is 3.32. The van der Waals surface area contributed by atoms with Gasteiger partial charge in [0, 0.05) is 11.8 Å². The van der Waals surface area contributed by atoms with E-state index < -0.39 is 0 Å². The highest BCUT2D eigenvalue weighted by Gasteiger charge is 2.31. The first-order valence-electron chi connectivity index (χ1n) is 7.35. The van der Waals surface area contributed by atoms with Crippen molar-refractivity contribution in [1.82, 2.24) is 0 Å². The summed E-state index contributed by atoms with van der Waals surface area (Å²) in [6.07, 6.45) is 7.29. The lowest BCUT2D eigenvalue weighted by atomic mass is 9.68. The van der Waals surface area contributed by atoms with Gasteiger partial charge in [-0.3, -0.25) is 0 Å². The van der Waals surface area contributed by atoms with Crippen molar-refractivity contribution < 1.29 is 0 Å². The predicted molar refractivity (Wildman–Crippen MR) is 84.7 cm³/mol. The van der Waals surface area contributed by atoms with Crippen LogP contribution in [0.1, 0.15) is 54.4 Å². The Morgan fingerprint density at radius 3 is 1.28 bits per heavy atom. The summed E-state index contributed by atoms with van der Waals surface area (Å²) in [6, 6.07) is 0. The average molecular weight is 246 g/mol. The van der Waals surface area contributed by atoms with Gasteiger partial charge in [0.2, 0.25) is 0 Å². The lowest BCUT2D eigenvalue weighted by Gasteiger charge is -2.36. The van der Waals surface area contributed by atoms with Gasteiger partial charge in [-0.15, -0.1) is 0 Å². The van der Waals surface area contributed by atoms with Crippen LogP contribution in [0.4, 0.5) is 0 Å². The molecule has 2 bridgehead atoms. The largest absolute Gasteiger partial charge is 0.0958 e. The van der Waals surface area contributed by atoms with Crippen molar-refractivity contribution in [2.45, 2.75) is 54.4 Å². The fourth-order valence-electron chi connectivity index (χ4n) is 2.79. The van der Waals surface area contributed by atoms with Gasteiger partial charge in [-0.1, -0.05) is 64.2 Å². The Labute approximate surface area is 114 Å². The van der Waals surface area contributed by atoms with E-state index in [-0.39, 0.29) is 0 Å². The van der Waals surface area contributed by atoms with Crippen LogP contribution in [0, 0.1) is 11.8 Å². The lowest BCUT2D eigenvalue weighted by Crippen LogP contribution is -2.23. The summed E-state index contributed by atoms with van der Waals surface area (Å²) in [5, 5.41) is 0. The molecule has 3 aliphatic carbocycles. The minimum Gasteiger partial charge on any atom is -0.0958 e. The number of rotatable bonds is 2. The Bertz CT molecular complexity index is 318. The quantitative estimate of drug-likeness (QED) is 0.518. The molecule has 0 aromatic heterocycles. The molecule has 0 fully saturated rings. The van der Waals surface area contributed by atoms with E-state index in [1.165, 1.54) is 35.1 Å². The summed E-state index contributed by atoms with van der Waals surface area (Å²) >= 11 is 0. The Hall–Kier alpha value is -1.04. The Kier molecular flexibility index (Phi) is 7.66. The molecular weight excluding hydrogens is 216 g/mol. The molecule has 0 spiro atoms. The van der Waals surface area contributed by atoms with Crippen LogP contribution < -0.4 is 0 Å². The summed E-state index contributed by atoms with van der Waals surface area (Å²) < 4.78 is 0. The third kappa shape index (κ3) is 3.48. The molecule has 3 aliphatic rings. The van der Waals surface area contributed by atoms with Gasteiger partial charge in [0.25, 0.3) is 0 Å². The van der Waals surface area contributed by atoms with Gasteiger partial charge in [-0.05, 0) is 37.8 Å². The maximum absolute atomic E-state index is 4.10. The van der Waals surface area contributed by atoms with E-state index in [1.54, 1.807) is 0 Å². The van der Waals surface area contributed by atoms with Crippen LogP contribution in [0.15, 0.2) is 47.6 Å². The maximum atomic E-state index is 4.10. The zero-order valence-corrected chi connectivity index (χ0v) is 13.1. The minimum absolute atomic E-state index is 0.615. The van der Waals surface area contributed by atoms with Crippen molar-refractivity contribution >= 4 is 0 Å². The topological polar surface area (TPSA) is 0 Å². The second kappa shape index (κ2) is 8.13. The van der Waals surface area contributed by atoms with Gasteiger partial charge in [-0.2, -0.15) is 0 Å². The number of hydrogen-bond donors (Lipinski definition) is 0. The highest BCUT2D eigenvalue weighted by Crippen LogP contribution is 2.45. The first-order valence-corrected chi connectivity index (χ1v) is 7.35. The average Bonchev–Trinajstić information content (AvgIpc) is 2.43. The molecule has 0 radical (unpaired) electrons. The van der Waals surface area contributed by atoms with Crippen molar-refractivity contribution in [3.8, 4) is 0 Å². The first kappa shape index (κ1) is 17.0. The van der Waals surface area contributed by atoms with E-state index in [0.717, 1.165) is 0 Å². The SMILES string of the molecule is C=C(C)C1=C(C(=C)C)C2C=CC1CC2.CC.CC. The zero-order chi connectivity index (χ0) is 14.3. The normalized spacial score (nSPS) is 23.7. The maximum Gasteiger partial charge on any atom is 0.00239 e. The molecule has 0 heterocycles. The molecule has 2 atom stereocenters. The molecule has 102 valence electrons. The number of allylic oxidation sites excluding steroid dienone is 6. The standard InChI is InChI=1S/C14H18.2C2H6/c1-9(2)13-11-5-7-12(8-6-11)14(13)10(3)4;2*1-2/h5,7,11-12H,1,3,6,8H2,2,4H3;2*1-2H3. The highest BCUT2D eigenvalue weighted by molar-refractivity contribution is 5.50. The molecule has 0 aromatic carbocycles. The summed E-state index contributed by atoms with van der Waals surface area (Å²) in [5.41, 5.74) is 5.39. The smallest absolute Gasteiger partial charge is 0.00239 e. The lowest BCUT2D eigenvalue weighted by molar-refractivity contribution is 0.489. The summed E-state index contributed by atoms with van der Waals surface area (Å²) in [4.78, 5) is 0. The van der Waals surface area contributed by atoms with E-state index in [2.05, 4.69) is 39.2 Å². The van der Waals surface area contributed by atoms with Crippen LogP contribution in [-0.2, 0) is 0 Å². The molecule has 0 N–H and O–H groups in total. The molecule has 0 amide bonds. The van der Waals surface area contributed by atoms with Crippen molar-refractivity contribution in [3.63, 3.8) is 0 Å². The molecule has 2 unspecified atom stereocenters. The van der Waals surface area contributed by atoms with Gasteiger partial charge in [0.15, 0.2) is 0 Å². The van der Waals surface area contributed by atoms with Crippen LogP contribution in [0.3, 0.4) is 0 Å². The van der Waals surface area contributed by atoms with Crippen molar-refractivity contribution in [2.24, 2.45) is 11.8 Å². The Balaban J connectivity index is 0.000000659. The highest BCUT2D eigenvalue weighted by atomic mass is 14.4. The molecule has 0 saturated heterocycles. The first-order chi connectivity index (χ1) is 8.61. The molecule has 0 aliphatic heterocycles.